The van der Waals surface area contributed by atoms with Gasteiger partial charge in [0.25, 0.3) is 0 Å². The number of nitrogens with one attached hydrogen (secondary N) is 5. The third-order valence-electron chi connectivity index (χ3n) is 8.44. The molecule has 4 rings (SSSR count). The maximum Gasteiger partial charge on any atom is 0.408 e. The van der Waals surface area contributed by atoms with Gasteiger partial charge in [-0.05, 0) is 41.9 Å². The Morgan fingerprint density at radius 1 is 0.930 bits per heavy atom. The second kappa shape index (κ2) is 13.8. The van der Waals surface area contributed by atoms with E-state index in [1.54, 1.807) is 0 Å². The number of fused-ring (bicyclic) bond motifs is 3. The van der Waals surface area contributed by atoms with Gasteiger partial charge in [0.2, 0.25) is 17.7 Å². The lowest BCUT2D eigenvalue weighted by Crippen LogP contribution is -2.67. The lowest BCUT2D eigenvalue weighted by Gasteiger charge is -2.39. The molecular formula is C33H43N5O5. The van der Waals surface area contributed by atoms with Gasteiger partial charge in [-0.25, -0.2) is 4.79 Å². The summed E-state index contributed by atoms with van der Waals surface area (Å²) in [5.74, 6) is -1.66. The van der Waals surface area contributed by atoms with Crippen LogP contribution >= 0.6 is 0 Å². The van der Waals surface area contributed by atoms with Crippen molar-refractivity contribution in [1.29, 1.82) is 0 Å². The first kappa shape index (κ1) is 31.6. The Kier molecular flexibility index (Phi) is 10.1. The standard InChI is InChI=1S/C33H43N5O5/c1-6-21(4)28(37-32(42)43-19-22-12-8-7-9-13-22)30(40)38-33(31(41)36-27(20(2)3)29(39)34-5)17-16-26-24(18-33)23-14-10-11-15-25(23)35-26/h7-15,20-21,27-28,35H,6,16-19H2,1-5H3,(H,34,39)(H,36,41)(H,37,42)(H,38,40)/t21-,27-,28-,33-/m0/s1. The predicted octanol–water partition coefficient (Wildman–Crippen LogP) is 3.74. The Balaban J connectivity index is 1.62. The second-order valence-electron chi connectivity index (χ2n) is 11.8. The van der Waals surface area contributed by atoms with Crippen molar-refractivity contribution in [3.05, 3.63) is 71.4 Å². The zero-order valence-electron chi connectivity index (χ0n) is 25.6. The van der Waals surface area contributed by atoms with Crippen LogP contribution in [0.15, 0.2) is 54.6 Å². The molecule has 4 amide bonds. The fourth-order valence-corrected chi connectivity index (χ4v) is 5.63. The normalized spacial score (nSPS) is 18.2. The number of alkyl carbamates (subject to hydrolysis) is 1. The fraction of sp³-hybridized carbons (Fsp3) is 0.455. The summed E-state index contributed by atoms with van der Waals surface area (Å²) in [6, 6.07) is 15.4. The molecule has 0 spiro atoms. The Morgan fingerprint density at radius 2 is 1.63 bits per heavy atom. The van der Waals surface area contributed by atoms with E-state index >= 15 is 0 Å². The van der Waals surface area contributed by atoms with E-state index in [2.05, 4.69) is 26.3 Å². The Morgan fingerprint density at radius 3 is 2.30 bits per heavy atom. The minimum atomic E-state index is -1.35. The summed E-state index contributed by atoms with van der Waals surface area (Å²) in [5.41, 5.74) is 2.41. The quantitative estimate of drug-likeness (QED) is 0.232. The number of aryl methyl sites for hydroxylation is 1. The number of ether oxygens (including phenoxy) is 1. The number of hydrogen-bond acceptors (Lipinski definition) is 5. The topological polar surface area (TPSA) is 141 Å². The molecule has 0 saturated heterocycles. The van der Waals surface area contributed by atoms with Gasteiger partial charge in [-0.3, -0.25) is 14.4 Å². The van der Waals surface area contributed by atoms with Gasteiger partial charge >= 0.3 is 6.09 Å². The monoisotopic (exact) mass is 589 g/mol. The Bertz CT molecular complexity index is 1450. The molecule has 1 aliphatic carbocycles. The maximum atomic E-state index is 14.2. The van der Waals surface area contributed by atoms with Crippen LogP contribution < -0.4 is 21.3 Å². The number of aromatic nitrogens is 1. The van der Waals surface area contributed by atoms with Crippen LogP contribution in [0.25, 0.3) is 10.9 Å². The van der Waals surface area contributed by atoms with Gasteiger partial charge in [-0.15, -0.1) is 0 Å². The largest absolute Gasteiger partial charge is 0.445 e. The van der Waals surface area contributed by atoms with E-state index in [0.29, 0.717) is 19.3 Å². The molecule has 0 fully saturated rings. The molecule has 3 aromatic rings. The van der Waals surface area contributed by atoms with E-state index in [4.69, 9.17) is 4.74 Å². The van der Waals surface area contributed by atoms with Crippen molar-refractivity contribution in [2.45, 2.75) is 77.6 Å². The second-order valence-corrected chi connectivity index (χ2v) is 11.8. The van der Waals surface area contributed by atoms with E-state index in [0.717, 1.165) is 27.7 Å². The molecule has 1 aliphatic rings. The van der Waals surface area contributed by atoms with Gasteiger partial charge < -0.3 is 31.0 Å². The van der Waals surface area contributed by atoms with Crippen LogP contribution in [0.4, 0.5) is 4.79 Å². The van der Waals surface area contributed by atoms with Crippen molar-refractivity contribution in [3.8, 4) is 0 Å². The predicted molar refractivity (Wildman–Crippen MR) is 165 cm³/mol. The summed E-state index contributed by atoms with van der Waals surface area (Å²) in [4.78, 5) is 57.1. The summed E-state index contributed by atoms with van der Waals surface area (Å²) in [6.07, 6.45) is 0.951. The van der Waals surface area contributed by atoms with Crippen molar-refractivity contribution in [1.82, 2.24) is 26.3 Å². The molecule has 43 heavy (non-hydrogen) atoms. The van der Waals surface area contributed by atoms with Crippen LogP contribution in [-0.2, 0) is 38.6 Å². The summed E-state index contributed by atoms with van der Waals surface area (Å²) in [5, 5.41) is 12.3. The highest BCUT2D eigenvalue weighted by Crippen LogP contribution is 2.35. The number of para-hydroxylation sites is 1. The van der Waals surface area contributed by atoms with Crippen molar-refractivity contribution >= 4 is 34.7 Å². The third-order valence-corrected chi connectivity index (χ3v) is 8.44. The Hall–Kier alpha value is -4.34. The average Bonchev–Trinajstić information content (AvgIpc) is 3.38. The van der Waals surface area contributed by atoms with Crippen LogP contribution in [0.3, 0.4) is 0 Å². The minimum absolute atomic E-state index is 0.0628. The number of aromatic amines is 1. The number of rotatable bonds is 11. The highest BCUT2D eigenvalue weighted by atomic mass is 16.5. The molecule has 4 atom stereocenters. The average molecular weight is 590 g/mol. The van der Waals surface area contributed by atoms with Crippen LogP contribution in [-0.4, -0.2) is 53.5 Å². The third kappa shape index (κ3) is 7.18. The summed E-state index contributed by atoms with van der Waals surface area (Å²) < 4.78 is 5.41. The molecule has 0 saturated carbocycles. The number of carbonyl (C=O) groups excluding carboxylic acids is 4. The van der Waals surface area contributed by atoms with Crippen molar-refractivity contribution in [2.75, 3.05) is 7.05 Å². The zero-order chi connectivity index (χ0) is 31.1. The van der Waals surface area contributed by atoms with Crippen molar-refractivity contribution in [3.63, 3.8) is 0 Å². The molecular weight excluding hydrogens is 546 g/mol. The van der Waals surface area contributed by atoms with E-state index in [9.17, 15) is 19.2 Å². The molecule has 0 aliphatic heterocycles. The summed E-state index contributed by atoms with van der Waals surface area (Å²) >= 11 is 0. The number of carbonyl (C=O) groups is 4. The highest BCUT2D eigenvalue weighted by Gasteiger charge is 2.46. The SMILES string of the molecule is CC[C@H](C)[C@H](NC(=O)OCc1ccccc1)C(=O)N[C@@]1(C(=O)N[C@H](C(=O)NC)C(C)C)CCc2[nH]c3ccccc3c2C1. The number of hydrogen-bond donors (Lipinski definition) is 5. The minimum Gasteiger partial charge on any atom is -0.445 e. The number of H-pyrrole nitrogens is 1. The van der Waals surface area contributed by atoms with Crippen LogP contribution in [0.2, 0.25) is 0 Å². The van der Waals surface area contributed by atoms with Gasteiger partial charge in [-0.2, -0.15) is 0 Å². The van der Waals surface area contributed by atoms with Crippen molar-refractivity contribution < 1.29 is 23.9 Å². The Labute approximate surface area is 252 Å². The first-order chi connectivity index (χ1) is 20.6. The first-order valence-corrected chi connectivity index (χ1v) is 15.0. The number of benzene rings is 2. The van der Waals surface area contributed by atoms with Gasteiger partial charge in [0.05, 0.1) is 0 Å². The molecule has 0 radical (unpaired) electrons. The molecule has 10 heteroatoms. The molecule has 0 unspecified atom stereocenters. The smallest absolute Gasteiger partial charge is 0.408 e. The van der Waals surface area contributed by atoms with E-state index in [1.807, 2.05) is 82.3 Å². The molecule has 230 valence electrons. The first-order valence-electron chi connectivity index (χ1n) is 15.0. The van der Waals surface area contributed by atoms with Crippen LogP contribution in [0.5, 0.6) is 0 Å². The van der Waals surface area contributed by atoms with Gasteiger partial charge in [-0.1, -0.05) is 82.6 Å². The lowest BCUT2D eigenvalue weighted by atomic mass is 9.78. The number of likely N-dealkylation sites (N-methyl/N-ethyl adjacent to an activating group) is 1. The van der Waals surface area contributed by atoms with E-state index < -0.39 is 35.5 Å². The molecule has 10 nitrogen and oxygen atoms in total. The van der Waals surface area contributed by atoms with Crippen molar-refractivity contribution in [2.24, 2.45) is 11.8 Å². The van der Waals surface area contributed by atoms with Crippen LogP contribution in [0, 0.1) is 11.8 Å². The van der Waals surface area contributed by atoms with E-state index in [-0.39, 0.29) is 30.8 Å². The van der Waals surface area contributed by atoms with Gasteiger partial charge in [0, 0.05) is 30.1 Å². The maximum absolute atomic E-state index is 14.2. The molecule has 1 heterocycles. The lowest BCUT2D eigenvalue weighted by molar-refractivity contribution is -0.138. The van der Waals surface area contributed by atoms with Gasteiger partial charge in [0.15, 0.2) is 0 Å². The van der Waals surface area contributed by atoms with Crippen LogP contribution in [0.1, 0.15) is 57.4 Å². The number of amides is 4. The van der Waals surface area contributed by atoms with Gasteiger partial charge in [0.1, 0.15) is 24.2 Å². The molecule has 0 bridgehead atoms. The molecule has 5 N–H and O–H groups in total. The summed E-state index contributed by atoms with van der Waals surface area (Å²) in [7, 11) is 1.53. The van der Waals surface area contributed by atoms with E-state index in [1.165, 1.54) is 7.05 Å². The fourth-order valence-electron chi connectivity index (χ4n) is 5.63. The molecule has 1 aromatic heterocycles. The summed E-state index contributed by atoms with van der Waals surface area (Å²) in [6.45, 7) is 7.57. The molecule has 2 aromatic carbocycles. The highest BCUT2D eigenvalue weighted by molar-refractivity contribution is 5.98. The zero-order valence-corrected chi connectivity index (χ0v) is 25.6.